The molecule has 0 saturated heterocycles. The second-order valence-electron chi connectivity index (χ2n) is 3.63. The smallest absolute Gasteiger partial charge is 0.411 e. The van der Waals surface area contributed by atoms with Crippen LogP contribution in [0.2, 0.25) is 0 Å². The maximum absolute atomic E-state index is 12.3. The topological polar surface area (TPSA) is 72.7 Å². The third-order valence-electron chi connectivity index (χ3n) is 2.29. The number of benzene rings is 1. The molecule has 112 valence electrons. The summed E-state index contributed by atoms with van der Waals surface area (Å²) >= 11 is 17.1. The van der Waals surface area contributed by atoms with Gasteiger partial charge < -0.3 is 4.52 Å². The minimum Gasteiger partial charge on any atom is -0.422 e. The first-order valence-corrected chi connectivity index (χ1v) is 9.07. The predicted molar refractivity (Wildman–Crippen MR) is 80.2 cm³/mol. The first-order chi connectivity index (χ1) is 9.40. The van der Waals surface area contributed by atoms with Crippen molar-refractivity contribution in [1.29, 1.82) is 0 Å². The molecule has 0 spiro atoms. The van der Waals surface area contributed by atoms with Gasteiger partial charge in [-0.15, -0.1) is 23.2 Å². The average molecular weight is 362 g/mol. The van der Waals surface area contributed by atoms with Gasteiger partial charge in [-0.3, -0.25) is 10.1 Å². The van der Waals surface area contributed by atoms with E-state index in [1.54, 1.807) is 0 Å². The molecule has 0 saturated carbocycles. The number of nitro groups is 1. The maximum Gasteiger partial charge on any atom is 0.411 e. The monoisotopic (exact) mass is 360 g/mol. The molecule has 0 aliphatic rings. The van der Waals surface area contributed by atoms with E-state index in [0.29, 0.717) is 0 Å². The zero-order valence-electron chi connectivity index (χ0n) is 10.2. The van der Waals surface area contributed by atoms with Gasteiger partial charge in [0.2, 0.25) is 0 Å². The number of hydrogen-bond donors (Lipinski definition) is 0. The summed E-state index contributed by atoms with van der Waals surface area (Å²) in [5, 5.41) is 10.5. The maximum atomic E-state index is 12.3. The van der Waals surface area contributed by atoms with Crippen molar-refractivity contribution >= 4 is 47.0 Å². The summed E-state index contributed by atoms with van der Waals surface area (Å²) in [6.45, 7) is -3.13. The van der Waals surface area contributed by atoms with Crippen LogP contribution in [0.1, 0.15) is 0 Å². The van der Waals surface area contributed by atoms with Crippen LogP contribution in [0.15, 0.2) is 24.3 Å². The second-order valence-corrected chi connectivity index (χ2v) is 7.31. The summed E-state index contributed by atoms with van der Waals surface area (Å²) in [5.74, 6) is 0.608. The molecule has 0 aliphatic heterocycles. The van der Waals surface area contributed by atoms with E-state index in [4.69, 9.17) is 39.0 Å². The highest BCUT2D eigenvalue weighted by Gasteiger charge is 2.30. The van der Waals surface area contributed by atoms with Gasteiger partial charge in [0, 0.05) is 48.2 Å². The quantitative estimate of drug-likeness (QED) is 0.302. The molecule has 1 unspecified atom stereocenters. The van der Waals surface area contributed by atoms with Crippen LogP contribution < -0.4 is 4.52 Å². The number of halogens is 3. The van der Waals surface area contributed by atoms with Gasteiger partial charge in [-0.2, -0.15) is 0 Å². The predicted octanol–water partition coefficient (Wildman–Crippen LogP) is 4.10. The van der Waals surface area contributed by atoms with Crippen molar-refractivity contribution in [2.24, 2.45) is 0 Å². The van der Waals surface area contributed by atoms with Gasteiger partial charge in [0.05, 0.1) is 4.92 Å². The number of alkyl halides is 2. The van der Waals surface area contributed by atoms with E-state index in [9.17, 15) is 14.7 Å². The van der Waals surface area contributed by atoms with Crippen LogP contribution >= 0.6 is 41.3 Å². The first-order valence-electron chi connectivity index (χ1n) is 5.52. The van der Waals surface area contributed by atoms with Crippen molar-refractivity contribution in [3.63, 3.8) is 0 Å². The van der Waals surface area contributed by atoms with Gasteiger partial charge >= 0.3 is 6.87 Å². The van der Waals surface area contributed by atoms with Gasteiger partial charge in [-0.05, 0) is 12.1 Å². The van der Waals surface area contributed by atoms with Crippen LogP contribution in [0.3, 0.4) is 0 Å². The normalized spacial score (nSPS) is 14.0. The molecule has 1 atom stereocenters. The lowest BCUT2D eigenvalue weighted by Crippen LogP contribution is -2.25. The molecule has 0 heterocycles. The molecule has 6 nitrogen and oxygen atoms in total. The molecule has 1 rings (SSSR count). The van der Waals surface area contributed by atoms with E-state index in [-0.39, 0.29) is 36.3 Å². The molecule has 0 bridgehead atoms. The summed E-state index contributed by atoms with van der Waals surface area (Å²) in [7, 11) is 0. The van der Waals surface area contributed by atoms with Crippen LogP contribution in [0, 0.1) is 10.1 Å². The van der Waals surface area contributed by atoms with E-state index in [2.05, 4.69) is 0 Å². The van der Waals surface area contributed by atoms with Crippen LogP contribution in [0.25, 0.3) is 0 Å². The lowest BCUT2D eigenvalue weighted by atomic mass is 10.3. The van der Waals surface area contributed by atoms with E-state index in [1.807, 2.05) is 0 Å². The Morgan fingerprint density at radius 2 is 1.70 bits per heavy atom. The Morgan fingerprint density at radius 1 is 1.20 bits per heavy atom. The Balaban J connectivity index is 2.82. The van der Waals surface area contributed by atoms with Gasteiger partial charge in [0.15, 0.2) is 0 Å². The van der Waals surface area contributed by atoms with Crippen molar-refractivity contribution in [3.05, 3.63) is 34.4 Å². The van der Waals surface area contributed by atoms with E-state index in [0.717, 1.165) is 0 Å². The molecule has 0 radical (unpaired) electrons. The van der Waals surface area contributed by atoms with Crippen molar-refractivity contribution in [2.75, 3.05) is 24.8 Å². The molecular weight excluding hydrogens is 349 g/mol. The second kappa shape index (κ2) is 8.05. The summed E-state index contributed by atoms with van der Waals surface area (Å²) in [6.07, 6.45) is 0. The SMILES string of the molecule is O=[N+]([O-])c1ccc(OP(=O)(Cl)N(CCCl)CCCl)cc1. The summed E-state index contributed by atoms with van der Waals surface area (Å²) in [5.41, 5.74) is -0.0971. The lowest BCUT2D eigenvalue weighted by molar-refractivity contribution is -0.384. The standard InChI is InChI=1S/C10H12Cl3N2O4P/c11-5-7-14(8-6-12)20(13,18)19-10-3-1-9(2-4-10)15(16)17/h1-4H,5-8H2. The van der Waals surface area contributed by atoms with Crippen LogP contribution in [0.4, 0.5) is 5.69 Å². The van der Waals surface area contributed by atoms with Gasteiger partial charge in [0.25, 0.3) is 5.69 Å². The lowest BCUT2D eigenvalue weighted by Gasteiger charge is -2.25. The molecule has 0 fully saturated rings. The summed E-state index contributed by atoms with van der Waals surface area (Å²) in [6, 6.07) is 5.12. The number of hydrogen-bond acceptors (Lipinski definition) is 4. The van der Waals surface area contributed by atoms with Crippen molar-refractivity contribution in [3.8, 4) is 5.75 Å². The fraction of sp³-hybridized carbons (Fsp3) is 0.400. The summed E-state index contributed by atoms with van der Waals surface area (Å²) in [4.78, 5) is 9.98. The molecular formula is C10H12Cl3N2O4P. The highest BCUT2D eigenvalue weighted by atomic mass is 35.7. The fourth-order valence-corrected chi connectivity index (χ4v) is 3.87. The Bertz CT molecular complexity index is 494. The Labute approximate surface area is 131 Å². The van der Waals surface area contributed by atoms with E-state index < -0.39 is 11.8 Å². The number of nitro benzene ring substituents is 1. The molecule has 20 heavy (non-hydrogen) atoms. The highest BCUT2D eigenvalue weighted by Crippen LogP contribution is 2.55. The van der Waals surface area contributed by atoms with Crippen LogP contribution in [-0.2, 0) is 4.57 Å². The molecule has 1 aromatic rings. The zero-order valence-corrected chi connectivity index (χ0v) is 13.4. The van der Waals surface area contributed by atoms with Crippen molar-refractivity contribution < 1.29 is 14.0 Å². The van der Waals surface area contributed by atoms with Crippen LogP contribution in [-0.4, -0.2) is 34.4 Å². The molecule has 0 N–H and O–H groups in total. The van der Waals surface area contributed by atoms with E-state index >= 15 is 0 Å². The minimum atomic E-state index is -3.63. The number of nitrogens with zero attached hydrogens (tertiary/aromatic N) is 2. The average Bonchev–Trinajstić information content (AvgIpc) is 2.38. The Kier molecular flexibility index (Phi) is 7.06. The zero-order chi connectivity index (χ0) is 15.2. The van der Waals surface area contributed by atoms with Gasteiger partial charge in [0.1, 0.15) is 5.75 Å². The number of non-ortho nitro benzene ring substituents is 1. The molecule has 0 amide bonds. The highest BCUT2D eigenvalue weighted by molar-refractivity contribution is 7.83. The minimum absolute atomic E-state index is 0.0971. The molecule has 1 aromatic carbocycles. The Hall–Kier alpha value is -0.520. The molecule has 10 heteroatoms. The van der Waals surface area contributed by atoms with Crippen molar-refractivity contribution in [1.82, 2.24) is 4.67 Å². The van der Waals surface area contributed by atoms with Gasteiger partial charge in [-0.25, -0.2) is 9.24 Å². The van der Waals surface area contributed by atoms with Crippen molar-refractivity contribution in [2.45, 2.75) is 0 Å². The third-order valence-corrected chi connectivity index (χ3v) is 4.99. The van der Waals surface area contributed by atoms with Crippen LogP contribution in [0.5, 0.6) is 5.75 Å². The largest absolute Gasteiger partial charge is 0.422 e. The first kappa shape index (κ1) is 17.5. The molecule has 0 aromatic heterocycles. The number of rotatable bonds is 8. The van der Waals surface area contributed by atoms with Gasteiger partial charge in [-0.1, -0.05) is 0 Å². The molecule has 0 aliphatic carbocycles. The van der Waals surface area contributed by atoms with E-state index in [1.165, 1.54) is 28.9 Å². The third kappa shape index (κ3) is 5.11. The Morgan fingerprint density at radius 3 is 2.10 bits per heavy atom. The summed E-state index contributed by atoms with van der Waals surface area (Å²) < 4.78 is 18.9. The fourth-order valence-electron chi connectivity index (χ4n) is 1.36.